The largest absolute Gasteiger partial charge is 0.457 e. The lowest BCUT2D eigenvalue weighted by Crippen LogP contribution is -2.74. The third-order valence-corrected chi connectivity index (χ3v) is 17.2. The molecule has 244 valence electrons. The van der Waals surface area contributed by atoms with Crippen molar-refractivity contribution in [2.75, 3.05) is 14.7 Å². The van der Waals surface area contributed by atoms with Crippen LogP contribution >= 0.6 is 0 Å². The first-order chi connectivity index (χ1) is 24.0. The van der Waals surface area contributed by atoms with Gasteiger partial charge in [0.1, 0.15) is 11.5 Å². The first-order valence-corrected chi connectivity index (χ1v) is 21.2. The second-order valence-corrected chi connectivity index (χ2v) is 19.6. The molecule has 3 aliphatic carbocycles. The molecule has 3 saturated carbocycles. The fourth-order valence-corrected chi connectivity index (χ4v) is 14.5. The van der Waals surface area contributed by atoms with Gasteiger partial charge in [-0.2, -0.15) is 0 Å². The number of aryl methyl sites for hydroxylation is 2. The number of hydrogen-bond donors (Lipinski definition) is 0. The Hall–Kier alpha value is -4.48. The van der Waals surface area contributed by atoms with Crippen molar-refractivity contribution >= 4 is 63.4 Å². The molecule has 0 amide bonds. The molecule has 5 aromatic carbocycles. The van der Waals surface area contributed by atoms with Crippen molar-refractivity contribution in [1.82, 2.24) is 0 Å². The number of ether oxygens (including phenoxy) is 1. The van der Waals surface area contributed by atoms with E-state index in [1.54, 1.807) is 5.19 Å². The van der Waals surface area contributed by atoms with Gasteiger partial charge in [0.15, 0.2) is 8.07 Å². The number of anilines is 7. The van der Waals surface area contributed by atoms with Crippen LogP contribution < -0.4 is 35.0 Å². The highest BCUT2D eigenvalue weighted by molar-refractivity contribution is 7.15. The third kappa shape index (κ3) is 3.91. The van der Waals surface area contributed by atoms with Crippen LogP contribution in [0.3, 0.4) is 0 Å². The average Bonchev–Trinajstić information content (AvgIpc) is 3.90. The van der Waals surface area contributed by atoms with Crippen LogP contribution in [0.4, 0.5) is 39.8 Å². The summed E-state index contributed by atoms with van der Waals surface area (Å²) in [4.78, 5) is 7.98. The van der Waals surface area contributed by atoms with E-state index in [1.807, 2.05) is 0 Å². The standard InChI is InChI=1S/C44H43N3OSi/c1-27-13-19-33(20-14-27)45(34-21-15-28(2)16-22-34)35-25-39-44-41(26-35)48-40-24-30(29-17-18-29)23-38-43(40)49(44,3)42-36(46(38)31-7-4-8-31)11-6-12-37(42)47(39)32-9-5-10-32/h6,11-16,19-26,29,31-32H,4-5,7-10,17-18H2,1-3H3. The number of hydrogen-bond acceptors (Lipinski definition) is 4. The summed E-state index contributed by atoms with van der Waals surface area (Å²) in [6.45, 7) is 7.00. The monoisotopic (exact) mass is 657 g/mol. The van der Waals surface area contributed by atoms with Crippen LogP contribution in [0.5, 0.6) is 11.5 Å². The summed E-state index contributed by atoms with van der Waals surface area (Å²) in [7, 11) is -2.45. The normalized spacial score (nSPS) is 21.4. The molecule has 49 heavy (non-hydrogen) atoms. The lowest BCUT2D eigenvalue weighted by atomic mass is 9.89. The summed E-state index contributed by atoms with van der Waals surface area (Å²) < 4.78 is 7.35. The van der Waals surface area contributed by atoms with E-state index in [-0.39, 0.29) is 0 Å². The molecule has 3 aliphatic heterocycles. The van der Waals surface area contributed by atoms with E-state index >= 15 is 0 Å². The van der Waals surface area contributed by atoms with Gasteiger partial charge < -0.3 is 19.4 Å². The minimum absolute atomic E-state index is 0.508. The second kappa shape index (κ2) is 10.0. The van der Waals surface area contributed by atoms with Crippen molar-refractivity contribution in [3.05, 3.63) is 108 Å². The molecule has 4 nitrogen and oxygen atoms in total. The fraction of sp³-hybridized carbons (Fsp3) is 0.318. The second-order valence-electron chi connectivity index (χ2n) is 15.8. The predicted octanol–water partition coefficient (Wildman–Crippen LogP) is 9.86. The molecular formula is C44H43N3OSi. The van der Waals surface area contributed by atoms with Gasteiger partial charge in [0, 0.05) is 62.6 Å². The van der Waals surface area contributed by atoms with Crippen LogP contribution in [0.15, 0.2) is 91.0 Å². The summed E-state index contributed by atoms with van der Waals surface area (Å²) in [5, 5.41) is 4.63. The van der Waals surface area contributed by atoms with Crippen molar-refractivity contribution in [3.63, 3.8) is 0 Å². The molecule has 11 rings (SSSR count). The van der Waals surface area contributed by atoms with Crippen molar-refractivity contribution in [2.45, 2.75) is 89.8 Å². The van der Waals surface area contributed by atoms with Crippen LogP contribution in [0, 0.1) is 13.8 Å². The lowest BCUT2D eigenvalue weighted by Gasteiger charge is -2.56. The SMILES string of the molecule is Cc1ccc(N(c2ccc(C)cc2)c2cc3c4c(c2)N(C2CCC2)c2cccc5c2[Si]4(C)c2c(cc(C4CC4)cc2N5C2CCC2)O3)cc1. The number of rotatable bonds is 6. The summed E-state index contributed by atoms with van der Waals surface area (Å²) in [6.07, 6.45) is 10.2. The average molecular weight is 658 g/mol. The maximum absolute atomic E-state index is 7.35. The molecule has 0 saturated heterocycles. The van der Waals surface area contributed by atoms with Gasteiger partial charge in [-0.1, -0.05) is 48.0 Å². The Balaban J connectivity index is 1.21. The van der Waals surface area contributed by atoms with Gasteiger partial charge >= 0.3 is 0 Å². The maximum Gasteiger partial charge on any atom is 0.165 e. The predicted molar refractivity (Wildman–Crippen MR) is 206 cm³/mol. The third-order valence-electron chi connectivity index (χ3n) is 12.7. The zero-order valence-electron chi connectivity index (χ0n) is 28.8. The highest BCUT2D eigenvalue weighted by atomic mass is 28.3. The minimum atomic E-state index is -2.45. The smallest absolute Gasteiger partial charge is 0.165 e. The van der Waals surface area contributed by atoms with Crippen LogP contribution in [0.25, 0.3) is 0 Å². The van der Waals surface area contributed by atoms with Gasteiger partial charge in [-0.25, -0.2) is 0 Å². The molecule has 0 spiro atoms. The van der Waals surface area contributed by atoms with Crippen molar-refractivity contribution in [3.8, 4) is 11.5 Å². The molecule has 0 bridgehead atoms. The number of benzene rings is 5. The van der Waals surface area contributed by atoms with Crippen LogP contribution in [0.2, 0.25) is 6.55 Å². The topological polar surface area (TPSA) is 19.0 Å². The molecule has 1 unspecified atom stereocenters. The van der Waals surface area contributed by atoms with Gasteiger partial charge in [0.05, 0.1) is 5.69 Å². The van der Waals surface area contributed by atoms with E-state index in [9.17, 15) is 0 Å². The molecule has 1 atom stereocenters. The Morgan fingerprint density at radius 3 is 1.61 bits per heavy atom. The quantitative estimate of drug-likeness (QED) is 0.169. The van der Waals surface area contributed by atoms with E-state index in [1.165, 1.54) is 113 Å². The van der Waals surface area contributed by atoms with E-state index in [4.69, 9.17) is 4.74 Å². The molecule has 0 N–H and O–H groups in total. The fourth-order valence-electron chi connectivity index (χ4n) is 9.64. The molecule has 3 fully saturated rings. The van der Waals surface area contributed by atoms with Gasteiger partial charge in [0.2, 0.25) is 0 Å². The summed E-state index contributed by atoms with van der Waals surface area (Å²) >= 11 is 0. The van der Waals surface area contributed by atoms with Gasteiger partial charge in [-0.15, -0.1) is 0 Å². The Labute approximate surface area is 291 Å². The zero-order chi connectivity index (χ0) is 32.6. The molecular weight excluding hydrogens is 615 g/mol. The maximum atomic E-state index is 7.35. The highest BCUT2D eigenvalue weighted by Gasteiger charge is 2.57. The van der Waals surface area contributed by atoms with E-state index in [0.29, 0.717) is 18.0 Å². The Morgan fingerprint density at radius 1 is 0.571 bits per heavy atom. The Bertz CT molecular complexity index is 2130. The summed E-state index contributed by atoms with van der Waals surface area (Å²) in [5.41, 5.74) is 13.3. The van der Waals surface area contributed by atoms with E-state index in [2.05, 4.69) is 126 Å². The first-order valence-electron chi connectivity index (χ1n) is 18.7. The summed E-state index contributed by atoms with van der Waals surface area (Å²) in [6, 6.07) is 36.3. The molecule has 3 heterocycles. The molecule has 0 radical (unpaired) electrons. The van der Waals surface area contributed by atoms with Crippen molar-refractivity contribution in [2.24, 2.45) is 0 Å². The Morgan fingerprint density at radius 2 is 1.10 bits per heavy atom. The molecule has 0 aromatic heterocycles. The highest BCUT2D eigenvalue weighted by Crippen LogP contribution is 2.54. The van der Waals surface area contributed by atoms with E-state index in [0.717, 1.165) is 17.2 Å². The van der Waals surface area contributed by atoms with Crippen molar-refractivity contribution in [1.29, 1.82) is 0 Å². The first kappa shape index (κ1) is 28.4. The van der Waals surface area contributed by atoms with Crippen LogP contribution in [-0.4, -0.2) is 20.2 Å². The number of nitrogens with zero attached hydrogens (tertiary/aromatic N) is 3. The van der Waals surface area contributed by atoms with Crippen LogP contribution in [0.1, 0.15) is 74.0 Å². The van der Waals surface area contributed by atoms with Gasteiger partial charge in [-0.3, -0.25) is 0 Å². The van der Waals surface area contributed by atoms with Crippen LogP contribution in [-0.2, 0) is 0 Å². The summed E-state index contributed by atoms with van der Waals surface area (Å²) in [5.74, 6) is 2.86. The van der Waals surface area contributed by atoms with Crippen molar-refractivity contribution < 1.29 is 4.74 Å². The Kier molecular flexibility index (Phi) is 5.81. The molecule has 6 aliphatic rings. The van der Waals surface area contributed by atoms with Gasteiger partial charge in [0.25, 0.3) is 0 Å². The molecule has 5 aromatic rings. The van der Waals surface area contributed by atoms with E-state index < -0.39 is 8.07 Å². The zero-order valence-corrected chi connectivity index (χ0v) is 29.8. The molecule has 5 heteroatoms. The lowest BCUT2D eigenvalue weighted by molar-refractivity contribution is 0.408. The minimum Gasteiger partial charge on any atom is -0.457 e. The van der Waals surface area contributed by atoms with Gasteiger partial charge in [-0.05, 0) is 136 Å².